The SMILES string of the molecule is CC1(C)Oc2cc3ccccc3cc2-c2c1ccc1ccccc21. The van der Waals surface area contributed by atoms with Gasteiger partial charge in [0.25, 0.3) is 0 Å². The van der Waals surface area contributed by atoms with Crippen molar-refractivity contribution in [3.63, 3.8) is 0 Å². The van der Waals surface area contributed by atoms with Gasteiger partial charge in [0.15, 0.2) is 0 Å². The lowest BCUT2D eigenvalue weighted by molar-refractivity contribution is 0.106. The topological polar surface area (TPSA) is 9.23 Å². The number of hydrogen-bond donors (Lipinski definition) is 0. The predicted molar refractivity (Wildman–Crippen MR) is 101 cm³/mol. The summed E-state index contributed by atoms with van der Waals surface area (Å²) in [6, 6.07) is 26.0. The zero-order chi connectivity index (χ0) is 16.3. The molecule has 1 heterocycles. The molecule has 0 N–H and O–H groups in total. The van der Waals surface area contributed by atoms with Crippen molar-refractivity contribution in [3.05, 3.63) is 78.4 Å². The van der Waals surface area contributed by atoms with Gasteiger partial charge in [-0.05, 0) is 47.5 Å². The van der Waals surface area contributed by atoms with Crippen LogP contribution in [-0.4, -0.2) is 0 Å². The molecule has 0 saturated carbocycles. The smallest absolute Gasteiger partial charge is 0.129 e. The van der Waals surface area contributed by atoms with Crippen LogP contribution in [0.1, 0.15) is 19.4 Å². The first kappa shape index (κ1) is 13.6. The van der Waals surface area contributed by atoms with Gasteiger partial charge in [0.05, 0.1) is 0 Å². The average Bonchev–Trinajstić information content (AvgIpc) is 2.59. The van der Waals surface area contributed by atoms with Crippen molar-refractivity contribution in [2.75, 3.05) is 0 Å². The van der Waals surface area contributed by atoms with Crippen LogP contribution in [0.5, 0.6) is 5.75 Å². The van der Waals surface area contributed by atoms with Crippen molar-refractivity contribution in [3.8, 4) is 16.9 Å². The Morgan fingerprint density at radius 1 is 0.708 bits per heavy atom. The van der Waals surface area contributed by atoms with Crippen LogP contribution in [0.3, 0.4) is 0 Å². The molecule has 1 heteroatoms. The van der Waals surface area contributed by atoms with Crippen LogP contribution in [0.4, 0.5) is 0 Å². The Morgan fingerprint density at radius 2 is 1.38 bits per heavy atom. The molecule has 0 fully saturated rings. The summed E-state index contributed by atoms with van der Waals surface area (Å²) in [6.45, 7) is 4.30. The third-order valence-corrected chi connectivity index (χ3v) is 5.06. The van der Waals surface area contributed by atoms with Crippen molar-refractivity contribution >= 4 is 21.5 Å². The Hall–Kier alpha value is -2.80. The van der Waals surface area contributed by atoms with E-state index in [1.54, 1.807) is 0 Å². The van der Waals surface area contributed by atoms with E-state index in [2.05, 4.69) is 86.6 Å². The molecule has 1 aliphatic heterocycles. The summed E-state index contributed by atoms with van der Waals surface area (Å²) in [5.41, 5.74) is 3.42. The van der Waals surface area contributed by atoms with E-state index in [9.17, 15) is 0 Å². The molecule has 0 aliphatic carbocycles. The fraction of sp³-hybridized carbons (Fsp3) is 0.130. The first-order valence-electron chi connectivity index (χ1n) is 8.38. The first-order chi connectivity index (χ1) is 11.6. The molecule has 0 amide bonds. The lowest BCUT2D eigenvalue weighted by atomic mass is 9.82. The highest BCUT2D eigenvalue weighted by molar-refractivity contribution is 6.03. The van der Waals surface area contributed by atoms with E-state index in [0.29, 0.717) is 0 Å². The van der Waals surface area contributed by atoms with E-state index in [1.807, 2.05) is 0 Å². The molecule has 1 aliphatic rings. The van der Waals surface area contributed by atoms with Crippen molar-refractivity contribution in [1.29, 1.82) is 0 Å². The molecular formula is C23H18O. The monoisotopic (exact) mass is 310 g/mol. The predicted octanol–water partition coefficient (Wildman–Crippen LogP) is 6.29. The third-order valence-electron chi connectivity index (χ3n) is 5.06. The Balaban J connectivity index is 1.96. The maximum absolute atomic E-state index is 6.40. The Morgan fingerprint density at radius 3 is 2.17 bits per heavy atom. The minimum absolute atomic E-state index is 0.338. The maximum atomic E-state index is 6.40. The second-order valence-electron chi connectivity index (χ2n) is 7.02. The number of benzene rings is 4. The second-order valence-corrected chi connectivity index (χ2v) is 7.02. The molecule has 0 spiro atoms. The van der Waals surface area contributed by atoms with Gasteiger partial charge in [-0.1, -0.05) is 60.7 Å². The lowest BCUT2D eigenvalue weighted by Crippen LogP contribution is -2.29. The Labute approximate surface area is 141 Å². The molecule has 0 atom stereocenters. The number of rotatable bonds is 0. The highest BCUT2D eigenvalue weighted by Crippen LogP contribution is 2.49. The average molecular weight is 310 g/mol. The molecule has 0 saturated heterocycles. The standard InChI is InChI=1S/C23H18O/c1-23(2)20-12-11-15-7-5-6-10-18(15)22(20)19-13-16-8-3-4-9-17(16)14-21(19)24-23/h3-14H,1-2H3. The zero-order valence-electron chi connectivity index (χ0n) is 13.8. The molecule has 4 aromatic rings. The second kappa shape index (κ2) is 4.61. The van der Waals surface area contributed by atoms with E-state index >= 15 is 0 Å². The lowest BCUT2D eigenvalue weighted by Gasteiger charge is -2.36. The first-order valence-corrected chi connectivity index (χ1v) is 8.38. The van der Waals surface area contributed by atoms with Crippen molar-refractivity contribution in [2.45, 2.75) is 19.4 Å². The van der Waals surface area contributed by atoms with Gasteiger partial charge in [-0.25, -0.2) is 0 Å². The molecule has 116 valence electrons. The van der Waals surface area contributed by atoms with Crippen LogP contribution in [0.2, 0.25) is 0 Å². The summed E-state index contributed by atoms with van der Waals surface area (Å²) < 4.78 is 6.40. The van der Waals surface area contributed by atoms with Gasteiger partial charge < -0.3 is 4.74 Å². The van der Waals surface area contributed by atoms with Gasteiger partial charge in [0.1, 0.15) is 11.4 Å². The highest BCUT2D eigenvalue weighted by Gasteiger charge is 2.33. The van der Waals surface area contributed by atoms with Crippen LogP contribution < -0.4 is 4.74 Å². The molecule has 24 heavy (non-hydrogen) atoms. The van der Waals surface area contributed by atoms with Crippen molar-refractivity contribution in [2.24, 2.45) is 0 Å². The van der Waals surface area contributed by atoms with Gasteiger partial charge >= 0.3 is 0 Å². The molecule has 1 nitrogen and oxygen atoms in total. The minimum Gasteiger partial charge on any atom is -0.482 e. The van der Waals surface area contributed by atoms with Crippen LogP contribution in [-0.2, 0) is 5.60 Å². The molecule has 0 aromatic heterocycles. The van der Waals surface area contributed by atoms with E-state index in [1.165, 1.54) is 38.2 Å². The van der Waals surface area contributed by atoms with E-state index < -0.39 is 0 Å². The fourth-order valence-corrected chi connectivity index (χ4v) is 3.89. The fourth-order valence-electron chi connectivity index (χ4n) is 3.89. The molecule has 0 unspecified atom stereocenters. The van der Waals surface area contributed by atoms with Crippen LogP contribution in [0.25, 0.3) is 32.7 Å². The zero-order valence-corrected chi connectivity index (χ0v) is 13.8. The normalized spacial score (nSPS) is 14.9. The number of ether oxygens (including phenoxy) is 1. The van der Waals surface area contributed by atoms with E-state index in [0.717, 1.165) is 5.75 Å². The summed E-state index contributed by atoms with van der Waals surface area (Å²) in [4.78, 5) is 0. The maximum Gasteiger partial charge on any atom is 0.129 e. The van der Waals surface area contributed by atoms with Crippen LogP contribution in [0, 0.1) is 0 Å². The summed E-state index contributed by atoms with van der Waals surface area (Å²) >= 11 is 0. The molecule has 4 aromatic carbocycles. The van der Waals surface area contributed by atoms with Gasteiger partial charge in [-0.2, -0.15) is 0 Å². The molecule has 0 bridgehead atoms. The summed E-state index contributed by atoms with van der Waals surface area (Å²) in [5, 5.41) is 5.03. The van der Waals surface area contributed by atoms with Gasteiger partial charge in [0, 0.05) is 16.7 Å². The third kappa shape index (κ3) is 1.81. The van der Waals surface area contributed by atoms with Gasteiger partial charge in [0.2, 0.25) is 0 Å². The van der Waals surface area contributed by atoms with Crippen LogP contribution in [0.15, 0.2) is 72.8 Å². The quantitative estimate of drug-likeness (QED) is 0.371. The van der Waals surface area contributed by atoms with Crippen molar-refractivity contribution < 1.29 is 4.74 Å². The molecular weight excluding hydrogens is 292 g/mol. The van der Waals surface area contributed by atoms with Crippen LogP contribution >= 0.6 is 0 Å². The summed E-state index contributed by atoms with van der Waals surface area (Å²) in [5.74, 6) is 0.975. The summed E-state index contributed by atoms with van der Waals surface area (Å²) in [6.07, 6.45) is 0. The van der Waals surface area contributed by atoms with Gasteiger partial charge in [-0.15, -0.1) is 0 Å². The Kier molecular flexibility index (Phi) is 2.62. The largest absolute Gasteiger partial charge is 0.482 e. The van der Waals surface area contributed by atoms with E-state index in [-0.39, 0.29) is 5.60 Å². The van der Waals surface area contributed by atoms with E-state index in [4.69, 9.17) is 4.74 Å². The number of fused-ring (bicyclic) bond motifs is 6. The highest BCUT2D eigenvalue weighted by atomic mass is 16.5. The molecule has 5 rings (SSSR count). The summed E-state index contributed by atoms with van der Waals surface area (Å²) in [7, 11) is 0. The van der Waals surface area contributed by atoms with Gasteiger partial charge in [-0.3, -0.25) is 0 Å². The Bertz CT molecular complexity index is 1110. The molecule has 0 radical (unpaired) electrons. The van der Waals surface area contributed by atoms with Crippen molar-refractivity contribution in [1.82, 2.24) is 0 Å². The number of hydrogen-bond acceptors (Lipinski definition) is 1. The minimum atomic E-state index is -0.338.